The first-order valence-electron chi connectivity index (χ1n) is 5.10. The highest BCUT2D eigenvalue weighted by atomic mass is 16.5. The van der Waals surface area contributed by atoms with Crippen molar-refractivity contribution in [3.63, 3.8) is 0 Å². The van der Waals surface area contributed by atoms with E-state index in [2.05, 4.69) is 0 Å². The van der Waals surface area contributed by atoms with E-state index in [1.807, 2.05) is 0 Å². The van der Waals surface area contributed by atoms with Gasteiger partial charge in [0.15, 0.2) is 0 Å². The second-order valence-corrected chi connectivity index (χ2v) is 3.79. The first kappa shape index (κ1) is 15.2. The fourth-order valence-electron chi connectivity index (χ4n) is 1.00. The van der Waals surface area contributed by atoms with Crippen molar-refractivity contribution in [1.29, 1.82) is 0 Å². The molecule has 0 radical (unpaired) electrons. The highest BCUT2D eigenvalue weighted by molar-refractivity contribution is 5.98. The van der Waals surface area contributed by atoms with E-state index in [-0.39, 0.29) is 30.1 Å². The molecule has 0 amide bonds. The number of carbonyl (C=O) groups is 3. The summed E-state index contributed by atoms with van der Waals surface area (Å²) in [7, 11) is 0. The number of aliphatic carboxylic acids is 2. The van der Waals surface area contributed by atoms with Gasteiger partial charge in [-0.3, -0.25) is 4.79 Å². The summed E-state index contributed by atoms with van der Waals surface area (Å²) in [5.74, 6) is -3.35. The minimum absolute atomic E-state index is 0.119. The molecule has 0 aromatic heterocycles. The van der Waals surface area contributed by atoms with Gasteiger partial charge in [0.25, 0.3) is 0 Å². The fraction of sp³-hybridized carbons (Fsp3) is 0.545. The Labute approximate surface area is 98.9 Å². The Morgan fingerprint density at radius 2 is 1.65 bits per heavy atom. The minimum atomic E-state index is -1.31. The molecule has 0 saturated carbocycles. The Hall–Kier alpha value is -1.85. The maximum absolute atomic E-state index is 11.1. The van der Waals surface area contributed by atoms with Crippen LogP contribution in [0.1, 0.15) is 27.2 Å². The molecule has 0 heterocycles. The molecule has 0 aromatic rings. The van der Waals surface area contributed by atoms with Gasteiger partial charge < -0.3 is 14.9 Å². The van der Waals surface area contributed by atoms with Gasteiger partial charge in [0, 0.05) is 12.0 Å². The summed E-state index contributed by atoms with van der Waals surface area (Å²) in [6.45, 7) is 4.37. The molecule has 0 aliphatic heterocycles. The second-order valence-electron chi connectivity index (χ2n) is 3.79. The Balaban J connectivity index is 4.52. The van der Waals surface area contributed by atoms with E-state index >= 15 is 0 Å². The lowest BCUT2D eigenvalue weighted by molar-refractivity contribution is -0.147. The standard InChI is InChI=1S/C11H16O6/c1-6(2)11(16)17-5-4-8(10(14)15)7(3)9(12)13/h6H,4-5H2,1-3H3,(H,12,13)(H,14,15). The van der Waals surface area contributed by atoms with Gasteiger partial charge in [-0.2, -0.15) is 0 Å². The van der Waals surface area contributed by atoms with Gasteiger partial charge in [0.1, 0.15) is 0 Å². The van der Waals surface area contributed by atoms with Gasteiger partial charge in [-0.05, 0) is 6.92 Å². The summed E-state index contributed by atoms with van der Waals surface area (Å²) in [4.78, 5) is 32.5. The minimum Gasteiger partial charge on any atom is -0.478 e. The quantitative estimate of drug-likeness (QED) is 0.535. The van der Waals surface area contributed by atoms with Crippen LogP contribution in [-0.2, 0) is 19.1 Å². The van der Waals surface area contributed by atoms with Crippen molar-refractivity contribution in [1.82, 2.24) is 0 Å². The predicted molar refractivity (Wildman–Crippen MR) is 58.4 cm³/mol. The lowest BCUT2D eigenvalue weighted by Crippen LogP contribution is -2.16. The average molecular weight is 244 g/mol. The van der Waals surface area contributed by atoms with E-state index in [1.54, 1.807) is 13.8 Å². The SMILES string of the molecule is CC(C(=O)O)=C(CCOC(=O)C(C)C)C(=O)O. The van der Waals surface area contributed by atoms with Crippen LogP contribution in [0.2, 0.25) is 0 Å². The van der Waals surface area contributed by atoms with Crippen molar-refractivity contribution in [2.45, 2.75) is 27.2 Å². The van der Waals surface area contributed by atoms with Crippen molar-refractivity contribution in [2.75, 3.05) is 6.61 Å². The number of carboxylic acid groups (broad SMARTS) is 2. The van der Waals surface area contributed by atoms with Crippen molar-refractivity contribution in [3.05, 3.63) is 11.1 Å². The Morgan fingerprint density at radius 3 is 2.00 bits per heavy atom. The zero-order valence-corrected chi connectivity index (χ0v) is 10.0. The van der Waals surface area contributed by atoms with Gasteiger partial charge in [-0.1, -0.05) is 13.8 Å². The molecule has 0 spiro atoms. The molecule has 0 rings (SSSR count). The van der Waals surface area contributed by atoms with Crippen LogP contribution in [0.3, 0.4) is 0 Å². The molecule has 96 valence electrons. The lowest BCUT2D eigenvalue weighted by Gasteiger charge is -2.08. The van der Waals surface area contributed by atoms with E-state index in [0.29, 0.717) is 0 Å². The molecule has 2 N–H and O–H groups in total. The molecular weight excluding hydrogens is 228 g/mol. The van der Waals surface area contributed by atoms with E-state index in [1.165, 1.54) is 6.92 Å². The third-order valence-corrected chi connectivity index (χ3v) is 2.10. The van der Waals surface area contributed by atoms with Crippen LogP contribution < -0.4 is 0 Å². The first-order valence-corrected chi connectivity index (χ1v) is 5.10. The Kier molecular flexibility index (Phi) is 5.95. The Bertz CT molecular complexity index is 353. The van der Waals surface area contributed by atoms with E-state index in [0.717, 1.165) is 0 Å². The zero-order valence-electron chi connectivity index (χ0n) is 10.0. The summed E-state index contributed by atoms with van der Waals surface area (Å²) >= 11 is 0. The molecule has 6 nitrogen and oxygen atoms in total. The van der Waals surface area contributed by atoms with Gasteiger partial charge in [-0.15, -0.1) is 0 Å². The molecule has 0 aromatic carbocycles. The highest BCUT2D eigenvalue weighted by Crippen LogP contribution is 2.10. The summed E-state index contributed by atoms with van der Waals surface area (Å²) in [5, 5.41) is 17.5. The third-order valence-electron chi connectivity index (χ3n) is 2.10. The van der Waals surface area contributed by atoms with Crippen LogP contribution >= 0.6 is 0 Å². The number of esters is 1. The first-order chi connectivity index (χ1) is 7.77. The summed E-state index contributed by atoms with van der Waals surface area (Å²) < 4.78 is 4.78. The van der Waals surface area contributed by atoms with Gasteiger partial charge in [0.05, 0.1) is 18.1 Å². The lowest BCUT2D eigenvalue weighted by atomic mass is 10.1. The molecule has 0 saturated heterocycles. The van der Waals surface area contributed by atoms with Crippen LogP contribution in [0.4, 0.5) is 0 Å². The number of hydrogen-bond donors (Lipinski definition) is 2. The van der Waals surface area contributed by atoms with Crippen LogP contribution in [0.15, 0.2) is 11.1 Å². The largest absolute Gasteiger partial charge is 0.478 e. The fourth-order valence-corrected chi connectivity index (χ4v) is 1.00. The number of ether oxygens (including phenoxy) is 1. The van der Waals surface area contributed by atoms with Gasteiger partial charge in [0.2, 0.25) is 0 Å². The average Bonchev–Trinajstić information content (AvgIpc) is 2.22. The van der Waals surface area contributed by atoms with Crippen molar-refractivity contribution < 1.29 is 29.3 Å². The maximum atomic E-state index is 11.1. The second kappa shape index (κ2) is 6.67. The summed E-state index contributed by atoms with van der Waals surface area (Å²) in [5.41, 5.74) is -0.507. The molecule has 0 atom stereocenters. The smallest absolute Gasteiger partial charge is 0.332 e. The molecule has 0 unspecified atom stereocenters. The van der Waals surface area contributed by atoms with Crippen LogP contribution in [-0.4, -0.2) is 34.7 Å². The number of hydrogen-bond acceptors (Lipinski definition) is 4. The van der Waals surface area contributed by atoms with Crippen LogP contribution in [0.5, 0.6) is 0 Å². The van der Waals surface area contributed by atoms with Crippen molar-refractivity contribution in [2.24, 2.45) is 5.92 Å². The molecule has 6 heteroatoms. The summed E-state index contributed by atoms with van der Waals surface area (Å²) in [6, 6.07) is 0. The van der Waals surface area contributed by atoms with Gasteiger partial charge in [-0.25, -0.2) is 9.59 Å². The molecule has 0 fully saturated rings. The topological polar surface area (TPSA) is 101 Å². The maximum Gasteiger partial charge on any atom is 0.332 e. The van der Waals surface area contributed by atoms with Gasteiger partial charge >= 0.3 is 17.9 Å². The van der Waals surface area contributed by atoms with E-state index in [9.17, 15) is 14.4 Å². The number of carboxylic acids is 2. The van der Waals surface area contributed by atoms with Crippen LogP contribution in [0.25, 0.3) is 0 Å². The number of rotatable bonds is 6. The third kappa shape index (κ3) is 5.14. The normalized spacial score (nSPS) is 12.0. The molecule has 0 bridgehead atoms. The monoisotopic (exact) mass is 244 g/mol. The van der Waals surface area contributed by atoms with Crippen molar-refractivity contribution >= 4 is 17.9 Å². The summed E-state index contributed by atoms with van der Waals surface area (Å²) in [6.07, 6.45) is -0.119. The molecular formula is C11H16O6. The zero-order chi connectivity index (χ0) is 13.6. The molecule has 0 aliphatic carbocycles. The predicted octanol–water partition coefficient (Wildman–Crippen LogP) is 1.06. The van der Waals surface area contributed by atoms with E-state index < -0.39 is 17.9 Å². The Morgan fingerprint density at radius 1 is 1.12 bits per heavy atom. The molecule has 0 aliphatic rings. The molecule has 17 heavy (non-hydrogen) atoms. The van der Waals surface area contributed by atoms with E-state index in [4.69, 9.17) is 14.9 Å². The number of carbonyl (C=O) groups excluding carboxylic acids is 1. The van der Waals surface area contributed by atoms with Crippen molar-refractivity contribution in [3.8, 4) is 0 Å². The highest BCUT2D eigenvalue weighted by Gasteiger charge is 2.17. The van der Waals surface area contributed by atoms with Crippen LogP contribution in [0, 0.1) is 5.92 Å².